The Labute approximate surface area is 265 Å². The van der Waals surface area contributed by atoms with E-state index in [9.17, 15) is 32.3 Å². The monoisotopic (exact) mass is 703 g/mol. The van der Waals surface area contributed by atoms with Crippen LogP contribution in [0.3, 0.4) is 0 Å². The summed E-state index contributed by atoms with van der Waals surface area (Å²) in [4.78, 5) is 55.3. The molecule has 4 aromatic rings. The van der Waals surface area contributed by atoms with Crippen molar-refractivity contribution in [1.82, 2.24) is 4.57 Å². The summed E-state index contributed by atoms with van der Waals surface area (Å²) in [6, 6.07) is 18.3. The third kappa shape index (κ3) is 5.24. The van der Waals surface area contributed by atoms with E-state index in [0.717, 1.165) is 49.2 Å². The molecule has 0 aliphatic carbocycles. The lowest BCUT2D eigenvalue weighted by Gasteiger charge is -2.31. The molecule has 2 unspecified atom stereocenters. The van der Waals surface area contributed by atoms with Crippen LogP contribution < -0.4 is 19.8 Å². The minimum atomic E-state index is -4.70. The number of aromatic nitrogens is 1. The molecule has 1 fully saturated rings. The maximum atomic E-state index is 14.0. The Hall–Kier alpha value is -3.88. The number of ether oxygens (including phenoxy) is 1. The molecule has 0 saturated carbocycles. The Morgan fingerprint density at radius 1 is 0.977 bits per heavy atom. The van der Waals surface area contributed by atoms with Crippen molar-refractivity contribution >= 4 is 68.1 Å². The largest absolute Gasteiger partial charge is 0.496 e. The first-order chi connectivity index (χ1) is 21.0. The second kappa shape index (κ2) is 11.6. The molecule has 0 bridgehead atoms. The number of methoxy groups -OCH3 is 1. The molecule has 1 saturated heterocycles. The standard InChI is InChI=1S/C30H21BrF3N3O5S2/c1-42-20-9-5-2-6-17(20)22-23-24(27(40)37(26(23)39)16-12-10-15(31)11-13-16)43-28-25(22)44-29(41)36(28)14-21(38)35-19-8-4-3-7-18(19)30(32,33)34/h2-13,22-24H,14H2,1H3,(H,35,38)/t22-,23?,24?/m1/s1. The van der Waals surface area contributed by atoms with Gasteiger partial charge >= 0.3 is 11.0 Å². The van der Waals surface area contributed by atoms with E-state index in [2.05, 4.69) is 21.2 Å². The zero-order chi connectivity index (χ0) is 31.3. The van der Waals surface area contributed by atoms with Gasteiger partial charge in [-0.2, -0.15) is 13.2 Å². The quantitative estimate of drug-likeness (QED) is 0.243. The lowest BCUT2D eigenvalue weighted by Crippen LogP contribution is -2.33. The first-order valence-corrected chi connectivity index (χ1v) is 15.6. The summed E-state index contributed by atoms with van der Waals surface area (Å²) >= 11 is 5.19. The van der Waals surface area contributed by atoms with Crippen molar-refractivity contribution in [3.63, 3.8) is 0 Å². The van der Waals surface area contributed by atoms with Crippen molar-refractivity contribution in [2.75, 3.05) is 17.3 Å². The summed E-state index contributed by atoms with van der Waals surface area (Å²) in [7, 11) is 1.47. The summed E-state index contributed by atoms with van der Waals surface area (Å²) in [5, 5.41) is 1.63. The van der Waals surface area contributed by atoms with E-state index in [4.69, 9.17) is 4.74 Å². The molecule has 1 N–H and O–H groups in total. The van der Waals surface area contributed by atoms with Crippen LogP contribution in [0.15, 0.2) is 87.1 Å². The number of hydrogen-bond acceptors (Lipinski definition) is 7. The molecule has 226 valence electrons. The number of imide groups is 1. The van der Waals surface area contributed by atoms with Gasteiger partial charge in [0.05, 0.1) is 35.0 Å². The van der Waals surface area contributed by atoms with E-state index in [1.165, 1.54) is 19.2 Å². The number of hydrogen-bond donors (Lipinski definition) is 1. The van der Waals surface area contributed by atoms with E-state index in [1.807, 2.05) is 0 Å². The number of benzene rings is 3. The highest BCUT2D eigenvalue weighted by molar-refractivity contribution is 9.10. The van der Waals surface area contributed by atoms with E-state index < -0.39 is 63.7 Å². The Bertz CT molecular complexity index is 1860. The van der Waals surface area contributed by atoms with Crippen LogP contribution in [-0.4, -0.2) is 34.6 Å². The molecule has 2 aliphatic rings. The molecule has 3 aromatic carbocycles. The van der Waals surface area contributed by atoms with Crippen LogP contribution in [0.5, 0.6) is 5.75 Å². The van der Waals surface area contributed by atoms with Gasteiger partial charge in [-0.3, -0.25) is 23.7 Å². The molecule has 0 radical (unpaired) electrons. The van der Waals surface area contributed by atoms with Gasteiger partial charge in [0.2, 0.25) is 17.7 Å². The Morgan fingerprint density at radius 3 is 2.36 bits per heavy atom. The molecule has 2 aliphatic heterocycles. The highest BCUT2D eigenvalue weighted by atomic mass is 79.9. The van der Waals surface area contributed by atoms with Crippen LogP contribution in [0.25, 0.3) is 0 Å². The van der Waals surface area contributed by atoms with Crippen LogP contribution >= 0.6 is 39.0 Å². The van der Waals surface area contributed by atoms with Crippen LogP contribution in [0.4, 0.5) is 24.5 Å². The van der Waals surface area contributed by atoms with Crippen LogP contribution in [0, 0.1) is 5.92 Å². The van der Waals surface area contributed by atoms with Gasteiger partial charge in [-0.1, -0.05) is 69.4 Å². The van der Waals surface area contributed by atoms with Gasteiger partial charge in [0.15, 0.2) is 0 Å². The number of halogens is 4. The lowest BCUT2D eigenvalue weighted by molar-refractivity contribution is -0.137. The average Bonchev–Trinajstić information content (AvgIpc) is 3.43. The molecule has 8 nitrogen and oxygen atoms in total. The molecule has 6 rings (SSSR count). The Morgan fingerprint density at radius 2 is 1.66 bits per heavy atom. The van der Waals surface area contributed by atoms with Crippen molar-refractivity contribution in [2.24, 2.45) is 5.92 Å². The number of thioether (sulfide) groups is 1. The molecule has 14 heteroatoms. The van der Waals surface area contributed by atoms with E-state index in [-0.39, 0.29) is 0 Å². The predicted molar refractivity (Wildman–Crippen MR) is 163 cm³/mol. The molecule has 0 spiro atoms. The first-order valence-electron chi connectivity index (χ1n) is 13.1. The maximum absolute atomic E-state index is 14.0. The minimum absolute atomic E-state index is 0.301. The third-order valence-electron chi connectivity index (χ3n) is 7.42. The van der Waals surface area contributed by atoms with Gasteiger partial charge in [0, 0.05) is 20.8 Å². The molecular weight excluding hydrogens is 683 g/mol. The van der Waals surface area contributed by atoms with E-state index in [1.54, 1.807) is 48.5 Å². The second-order valence-corrected chi connectivity index (χ2v) is 13.0. The van der Waals surface area contributed by atoms with Crippen LogP contribution in [0.1, 0.15) is 21.9 Å². The van der Waals surface area contributed by atoms with E-state index in [0.29, 0.717) is 26.9 Å². The number of thiazole rings is 1. The number of rotatable bonds is 6. The number of anilines is 2. The summed E-state index contributed by atoms with van der Waals surface area (Å²) in [5.41, 5.74) is -0.490. The molecule has 3 amide bonds. The van der Waals surface area contributed by atoms with Gasteiger partial charge in [0.25, 0.3) is 0 Å². The van der Waals surface area contributed by atoms with Crippen LogP contribution in [-0.2, 0) is 27.1 Å². The summed E-state index contributed by atoms with van der Waals surface area (Å²) in [6.07, 6.45) is -4.70. The zero-order valence-electron chi connectivity index (χ0n) is 22.6. The molecule has 3 heterocycles. The number of alkyl halides is 3. The van der Waals surface area contributed by atoms with Gasteiger partial charge in [-0.15, -0.1) is 0 Å². The number of para-hydroxylation sites is 2. The fraction of sp³-hybridized carbons (Fsp3) is 0.200. The highest BCUT2D eigenvalue weighted by Crippen LogP contribution is 2.55. The fourth-order valence-corrected chi connectivity index (χ4v) is 8.56. The summed E-state index contributed by atoms with van der Waals surface area (Å²) < 4.78 is 48.1. The zero-order valence-corrected chi connectivity index (χ0v) is 25.9. The van der Waals surface area contributed by atoms with Gasteiger partial charge in [-0.25, -0.2) is 4.90 Å². The van der Waals surface area contributed by atoms with E-state index >= 15 is 0 Å². The molecule has 44 heavy (non-hydrogen) atoms. The second-order valence-electron chi connectivity index (χ2n) is 9.99. The topological polar surface area (TPSA) is 97.7 Å². The Kier molecular flexibility index (Phi) is 7.92. The van der Waals surface area contributed by atoms with Crippen molar-refractivity contribution in [3.05, 3.63) is 103 Å². The predicted octanol–water partition coefficient (Wildman–Crippen LogP) is 6.13. The first kappa shape index (κ1) is 30.2. The fourth-order valence-electron chi connectivity index (χ4n) is 5.53. The lowest BCUT2D eigenvalue weighted by atomic mass is 9.82. The number of fused-ring (bicyclic) bond motifs is 2. The average molecular weight is 705 g/mol. The normalized spacial score (nSPS) is 19.5. The molecule has 1 aromatic heterocycles. The van der Waals surface area contributed by atoms with Gasteiger partial charge < -0.3 is 10.1 Å². The molecule has 3 atom stereocenters. The number of carbonyl (C=O) groups is 3. The Balaban J connectivity index is 1.42. The van der Waals surface area contributed by atoms with Crippen molar-refractivity contribution in [2.45, 2.75) is 28.9 Å². The van der Waals surface area contributed by atoms with Gasteiger partial charge in [0.1, 0.15) is 17.5 Å². The highest BCUT2D eigenvalue weighted by Gasteiger charge is 2.57. The van der Waals surface area contributed by atoms with Crippen LogP contribution in [0.2, 0.25) is 0 Å². The number of carbonyl (C=O) groups excluding carboxylic acids is 3. The van der Waals surface area contributed by atoms with Crippen molar-refractivity contribution in [3.8, 4) is 5.75 Å². The van der Waals surface area contributed by atoms with Crippen molar-refractivity contribution < 1.29 is 32.3 Å². The summed E-state index contributed by atoms with van der Waals surface area (Å²) in [6.45, 7) is -0.599. The number of nitrogens with one attached hydrogen (secondary N) is 1. The van der Waals surface area contributed by atoms with Crippen molar-refractivity contribution in [1.29, 1.82) is 0 Å². The maximum Gasteiger partial charge on any atom is 0.418 e. The molecular formula is C30H21BrF3N3O5S2. The smallest absolute Gasteiger partial charge is 0.418 e. The minimum Gasteiger partial charge on any atom is -0.496 e. The number of nitrogens with zero attached hydrogens (tertiary/aromatic N) is 2. The SMILES string of the molecule is COc1ccccc1[C@H]1c2sc(=O)n(CC(=O)Nc3ccccc3C(F)(F)F)c2SC2C(=O)N(c3ccc(Br)cc3)C(=O)C21. The number of amides is 3. The summed E-state index contributed by atoms with van der Waals surface area (Å²) in [5.74, 6) is -2.98. The third-order valence-corrected chi connectivity index (χ3v) is 10.5. The van der Waals surface area contributed by atoms with Gasteiger partial charge in [-0.05, 0) is 42.5 Å².